The summed E-state index contributed by atoms with van der Waals surface area (Å²) in [6.45, 7) is 4.23. The molecule has 6 nitrogen and oxygen atoms in total. The zero-order chi connectivity index (χ0) is 22.5. The Morgan fingerprint density at radius 2 is 1.84 bits per heavy atom. The van der Waals surface area contributed by atoms with E-state index in [9.17, 15) is 9.18 Å². The molecule has 0 N–H and O–H groups in total. The molecule has 7 heteroatoms. The summed E-state index contributed by atoms with van der Waals surface area (Å²) in [4.78, 5) is 15.9. The van der Waals surface area contributed by atoms with E-state index in [0.717, 1.165) is 24.3 Å². The predicted octanol–water partition coefficient (Wildman–Crippen LogP) is 4.33. The maximum Gasteiger partial charge on any atom is 0.154 e. The summed E-state index contributed by atoms with van der Waals surface area (Å²) in [6, 6.07) is 14.7. The highest BCUT2D eigenvalue weighted by Gasteiger charge is 2.30. The monoisotopic (exact) mass is 437 g/mol. The number of benzene rings is 2. The first-order chi connectivity index (χ1) is 15.6. The summed E-state index contributed by atoms with van der Waals surface area (Å²) in [6.07, 6.45) is 2.43. The molecule has 4 rings (SSSR count). The molecule has 1 unspecified atom stereocenters. The van der Waals surface area contributed by atoms with E-state index >= 15 is 0 Å². The van der Waals surface area contributed by atoms with Gasteiger partial charge in [0.05, 0.1) is 31.3 Å². The molecule has 0 spiro atoms. The first-order valence-corrected chi connectivity index (χ1v) is 11.2. The van der Waals surface area contributed by atoms with Gasteiger partial charge in [0.15, 0.2) is 5.78 Å². The van der Waals surface area contributed by atoms with E-state index in [0.29, 0.717) is 50.5 Å². The van der Waals surface area contributed by atoms with E-state index in [1.54, 1.807) is 12.1 Å². The van der Waals surface area contributed by atoms with Crippen LogP contribution in [0.4, 0.5) is 15.8 Å². The number of hydrogen-bond donors (Lipinski definition) is 0. The molecule has 0 saturated carbocycles. The average Bonchev–Trinajstić information content (AvgIpc) is 3.17. The van der Waals surface area contributed by atoms with Crippen LogP contribution in [0.3, 0.4) is 0 Å². The fourth-order valence-electron chi connectivity index (χ4n) is 4.46. The lowest BCUT2D eigenvalue weighted by molar-refractivity contribution is -0.116. The number of carbonyl (C=O) groups excluding carboxylic acids is 1. The topological polar surface area (TPSA) is 65.8 Å². The first-order valence-electron chi connectivity index (χ1n) is 11.2. The molecule has 0 aliphatic carbocycles. The second-order valence-electron chi connectivity index (χ2n) is 8.23. The van der Waals surface area contributed by atoms with Gasteiger partial charge in [0.2, 0.25) is 0 Å². The van der Waals surface area contributed by atoms with Crippen molar-refractivity contribution in [3.63, 3.8) is 0 Å². The van der Waals surface area contributed by atoms with E-state index in [1.807, 2.05) is 41.0 Å². The molecule has 2 saturated heterocycles. The van der Waals surface area contributed by atoms with Crippen LogP contribution in [-0.4, -0.2) is 44.2 Å². The van der Waals surface area contributed by atoms with E-state index < -0.39 is 0 Å². The summed E-state index contributed by atoms with van der Waals surface area (Å²) >= 11 is 0. The van der Waals surface area contributed by atoms with Crippen molar-refractivity contribution in [2.75, 3.05) is 36.0 Å². The van der Waals surface area contributed by atoms with E-state index in [1.165, 1.54) is 6.07 Å². The van der Waals surface area contributed by atoms with Gasteiger partial charge >= 0.3 is 0 Å². The van der Waals surface area contributed by atoms with Crippen LogP contribution in [0.1, 0.15) is 32.6 Å². The van der Waals surface area contributed by atoms with Gasteiger partial charge in [-0.2, -0.15) is 5.26 Å². The summed E-state index contributed by atoms with van der Waals surface area (Å²) in [5.41, 5.74) is 1.51. The van der Waals surface area contributed by atoms with Crippen molar-refractivity contribution in [2.24, 2.45) is 0 Å². The van der Waals surface area contributed by atoms with Crippen LogP contribution in [0.5, 0.6) is 11.5 Å². The molecule has 0 radical (unpaired) electrons. The lowest BCUT2D eigenvalue weighted by Gasteiger charge is -2.34. The van der Waals surface area contributed by atoms with Gasteiger partial charge in [-0.25, -0.2) is 4.39 Å². The number of nitrogens with zero attached hydrogens (tertiary/aromatic N) is 3. The minimum Gasteiger partial charge on any atom is -0.494 e. The van der Waals surface area contributed by atoms with Crippen molar-refractivity contribution in [2.45, 2.75) is 44.8 Å². The van der Waals surface area contributed by atoms with Gasteiger partial charge in [0, 0.05) is 50.1 Å². The molecule has 0 amide bonds. The number of hydrogen-bond acceptors (Lipinski definition) is 6. The van der Waals surface area contributed by atoms with Crippen LogP contribution in [-0.2, 0) is 4.79 Å². The molecule has 0 aromatic heterocycles. The SMILES string of the molecule is CCOc1ccc(F)c(N2CCC(Oc3ccc(N4CC(=O)CC4CC#N)cc3)CC2)c1. The van der Waals surface area contributed by atoms with Crippen LogP contribution < -0.4 is 19.3 Å². The average molecular weight is 438 g/mol. The first kappa shape index (κ1) is 21.9. The quantitative estimate of drug-likeness (QED) is 0.642. The van der Waals surface area contributed by atoms with Crippen molar-refractivity contribution in [3.8, 4) is 17.6 Å². The predicted molar refractivity (Wildman–Crippen MR) is 121 cm³/mol. The highest BCUT2D eigenvalue weighted by molar-refractivity contribution is 5.88. The third kappa shape index (κ3) is 4.96. The van der Waals surface area contributed by atoms with Crippen LogP contribution >= 0.6 is 0 Å². The van der Waals surface area contributed by atoms with Gasteiger partial charge in [0.1, 0.15) is 23.4 Å². The largest absolute Gasteiger partial charge is 0.494 e. The van der Waals surface area contributed by atoms with E-state index in [4.69, 9.17) is 14.7 Å². The lowest BCUT2D eigenvalue weighted by Crippen LogP contribution is -2.38. The Morgan fingerprint density at radius 1 is 1.12 bits per heavy atom. The minimum absolute atomic E-state index is 0.0507. The van der Waals surface area contributed by atoms with Crippen LogP contribution in [0, 0.1) is 17.1 Å². The fourth-order valence-corrected chi connectivity index (χ4v) is 4.46. The molecule has 2 aromatic rings. The summed E-state index contributed by atoms with van der Waals surface area (Å²) in [7, 11) is 0. The smallest absolute Gasteiger partial charge is 0.154 e. The number of piperidine rings is 1. The van der Waals surface area contributed by atoms with Crippen molar-refractivity contribution in [3.05, 3.63) is 48.3 Å². The molecule has 32 heavy (non-hydrogen) atoms. The normalized spacial score (nSPS) is 19.2. The van der Waals surface area contributed by atoms with Crippen LogP contribution in [0.25, 0.3) is 0 Å². The summed E-state index contributed by atoms with van der Waals surface area (Å²) in [5, 5.41) is 9.01. The molecule has 2 aliphatic rings. The van der Waals surface area contributed by atoms with Crippen molar-refractivity contribution < 1.29 is 18.7 Å². The van der Waals surface area contributed by atoms with E-state index in [-0.39, 0.29) is 23.7 Å². The van der Waals surface area contributed by atoms with Gasteiger partial charge in [-0.15, -0.1) is 0 Å². The van der Waals surface area contributed by atoms with Gasteiger partial charge in [0.25, 0.3) is 0 Å². The molecule has 1 atom stereocenters. The zero-order valence-corrected chi connectivity index (χ0v) is 18.3. The van der Waals surface area contributed by atoms with Gasteiger partial charge in [-0.05, 0) is 43.3 Å². The molecule has 0 bridgehead atoms. The molecule has 2 aromatic carbocycles. The third-order valence-electron chi connectivity index (χ3n) is 6.06. The number of ether oxygens (including phenoxy) is 2. The minimum atomic E-state index is -0.237. The van der Waals surface area contributed by atoms with Crippen LogP contribution in [0.15, 0.2) is 42.5 Å². The standard InChI is InChI=1S/C25H28FN3O3/c1-2-31-23-7-8-24(26)25(16-23)28-13-10-22(11-14-28)32-21-5-3-18(4-6-21)29-17-20(30)15-19(29)9-12-27/h3-8,16,19,22H,2,9-11,13-15,17H2,1H3. The number of Topliss-reactive ketones (excluding diaryl/α,β-unsaturated/α-hetero) is 1. The highest BCUT2D eigenvalue weighted by Crippen LogP contribution is 2.30. The Kier molecular flexibility index (Phi) is 6.79. The molecular weight excluding hydrogens is 409 g/mol. The number of halogens is 1. The second kappa shape index (κ2) is 9.90. The Labute approximate surface area is 188 Å². The number of rotatable bonds is 7. The second-order valence-corrected chi connectivity index (χ2v) is 8.23. The maximum atomic E-state index is 14.3. The Morgan fingerprint density at radius 3 is 2.53 bits per heavy atom. The van der Waals surface area contributed by atoms with Crippen molar-refractivity contribution in [1.29, 1.82) is 5.26 Å². The Hall–Kier alpha value is -3.27. The van der Waals surface area contributed by atoms with Gasteiger partial charge in [-0.1, -0.05) is 0 Å². The van der Waals surface area contributed by atoms with Gasteiger partial charge in [-0.3, -0.25) is 4.79 Å². The molecular formula is C25H28FN3O3. The number of ketones is 1. The van der Waals surface area contributed by atoms with Gasteiger partial charge < -0.3 is 19.3 Å². The maximum absolute atomic E-state index is 14.3. The number of nitriles is 1. The molecule has 2 aliphatic heterocycles. The molecule has 2 fully saturated rings. The molecule has 2 heterocycles. The number of anilines is 2. The highest BCUT2D eigenvalue weighted by atomic mass is 19.1. The van der Waals surface area contributed by atoms with E-state index in [2.05, 4.69) is 6.07 Å². The lowest BCUT2D eigenvalue weighted by atomic mass is 10.1. The Balaban J connectivity index is 1.33. The van der Waals surface area contributed by atoms with Crippen molar-refractivity contribution >= 4 is 17.2 Å². The fraction of sp³-hybridized carbons (Fsp3) is 0.440. The number of carbonyl (C=O) groups is 1. The molecule has 168 valence electrons. The Bertz CT molecular complexity index is 981. The third-order valence-corrected chi connectivity index (χ3v) is 6.06. The van der Waals surface area contributed by atoms with Crippen LogP contribution in [0.2, 0.25) is 0 Å². The zero-order valence-electron chi connectivity index (χ0n) is 18.3. The van der Waals surface area contributed by atoms with Crippen molar-refractivity contribution in [1.82, 2.24) is 0 Å². The summed E-state index contributed by atoms with van der Waals surface area (Å²) in [5.74, 6) is 1.39. The summed E-state index contributed by atoms with van der Waals surface area (Å²) < 4.78 is 26.0.